The van der Waals surface area contributed by atoms with E-state index >= 15 is 0 Å². The second kappa shape index (κ2) is 10.0. The number of halogens is 1. The van der Waals surface area contributed by atoms with Gasteiger partial charge in [0.15, 0.2) is 0 Å². The number of amides is 1. The van der Waals surface area contributed by atoms with E-state index in [0.29, 0.717) is 27.5 Å². The van der Waals surface area contributed by atoms with Gasteiger partial charge in [0.2, 0.25) is 0 Å². The van der Waals surface area contributed by atoms with E-state index < -0.39 is 16.9 Å². The third-order valence-electron chi connectivity index (χ3n) is 5.80. The molecule has 3 aromatic rings. The van der Waals surface area contributed by atoms with Crippen LogP contribution in [-0.2, 0) is 0 Å². The number of aliphatic hydroxyl groups is 1. The first-order valence-electron chi connectivity index (χ1n) is 10.8. The molecule has 1 aliphatic heterocycles. The number of piperidine rings is 1. The van der Waals surface area contributed by atoms with Gasteiger partial charge >= 0.3 is 0 Å². The van der Waals surface area contributed by atoms with Crippen LogP contribution in [0.3, 0.4) is 0 Å². The largest absolute Gasteiger partial charge is 0.384 e. The number of anilines is 2. The van der Waals surface area contributed by atoms with Gasteiger partial charge in [-0.25, -0.2) is 0 Å². The SMILES string of the molecule is O=C(Nc1ccc(Cl)cc1[C@@H](O)c1ccccc1)c1ccc(N2CCCCC2)c([N+](=O)[O-])c1. The summed E-state index contributed by atoms with van der Waals surface area (Å²) in [4.78, 5) is 26.3. The van der Waals surface area contributed by atoms with Crippen LogP contribution in [0.15, 0.2) is 66.7 Å². The zero-order valence-electron chi connectivity index (χ0n) is 17.9. The minimum atomic E-state index is -1.00. The van der Waals surface area contributed by atoms with E-state index in [-0.39, 0.29) is 11.3 Å². The van der Waals surface area contributed by atoms with E-state index in [1.807, 2.05) is 23.1 Å². The van der Waals surface area contributed by atoms with Gasteiger partial charge in [0.1, 0.15) is 11.8 Å². The standard InChI is InChI=1S/C25H24ClN3O4/c26-19-10-11-21(20(16-19)24(30)17-7-3-1-4-8-17)27-25(31)18-9-12-22(23(15-18)29(32)33)28-13-5-2-6-14-28/h1,3-4,7-12,15-16,24,30H,2,5-6,13-14H2,(H,27,31)/t24-/m0/s1. The zero-order valence-corrected chi connectivity index (χ0v) is 18.7. The third-order valence-corrected chi connectivity index (χ3v) is 6.04. The van der Waals surface area contributed by atoms with Crippen LogP contribution in [0.5, 0.6) is 0 Å². The lowest BCUT2D eigenvalue weighted by Gasteiger charge is -2.28. The molecule has 170 valence electrons. The van der Waals surface area contributed by atoms with Gasteiger partial charge in [0.05, 0.1) is 4.92 Å². The molecule has 0 radical (unpaired) electrons. The lowest BCUT2D eigenvalue weighted by molar-refractivity contribution is -0.384. The highest BCUT2D eigenvalue weighted by atomic mass is 35.5. The maximum atomic E-state index is 13.0. The molecule has 1 atom stereocenters. The summed E-state index contributed by atoms with van der Waals surface area (Å²) in [6.07, 6.45) is 2.09. The quantitative estimate of drug-likeness (QED) is 0.366. The first-order chi connectivity index (χ1) is 15.9. The number of carbonyl (C=O) groups excluding carboxylic acids is 1. The molecular formula is C25H24ClN3O4. The van der Waals surface area contributed by atoms with Crippen molar-refractivity contribution in [3.8, 4) is 0 Å². The molecular weight excluding hydrogens is 442 g/mol. The zero-order chi connectivity index (χ0) is 23.4. The Labute approximate surface area is 196 Å². The first kappa shape index (κ1) is 22.8. The highest BCUT2D eigenvalue weighted by Crippen LogP contribution is 2.33. The maximum absolute atomic E-state index is 13.0. The molecule has 1 heterocycles. The Kier molecular flexibility index (Phi) is 6.91. The molecule has 1 fully saturated rings. The number of nitro groups is 1. The molecule has 0 bridgehead atoms. The van der Waals surface area contributed by atoms with Crippen LogP contribution >= 0.6 is 11.6 Å². The molecule has 33 heavy (non-hydrogen) atoms. The van der Waals surface area contributed by atoms with Crippen LogP contribution in [0, 0.1) is 10.1 Å². The summed E-state index contributed by atoms with van der Waals surface area (Å²) in [6, 6.07) is 18.4. The van der Waals surface area contributed by atoms with Crippen molar-refractivity contribution >= 4 is 34.6 Å². The lowest BCUT2D eigenvalue weighted by atomic mass is 9.99. The number of aliphatic hydroxyl groups excluding tert-OH is 1. The summed E-state index contributed by atoms with van der Waals surface area (Å²) in [7, 11) is 0. The Morgan fingerprint density at radius 3 is 2.45 bits per heavy atom. The van der Waals surface area contributed by atoms with Gasteiger partial charge < -0.3 is 15.3 Å². The van der Waals surface area contributed by atoms with E-state index in [4.69, 9.17) is 11.6 Å². The molecule has 7 nitrogen and oxygen atoms in total. The number of hydrogen-bond acceptors (Lipinski definition) is 5. The van der Waals surface area contributed by atoms with Crippen LogP contribution in [0.1, 0.15) is 46.9 Å². The van der Waals surface area contributed by atoms with Crippen molar-refractivity contribution in [3.05, 3.63) is 98.6 Å². The van der Waals surface area contributed by atoms with Crippen molar-refractivity contribution in [2.75, 3.05) is 23.3 Å². The van der Waals surface area contributed by atoms with E-state index in [9.17, 15) is 20.0 Å². The molecule has 2 N–H and O–H groups in total. The van der Waals surface area contributed by atoms with Crippen LogP contribution in [0.25, 0.3) is 0 Å². The Morgan fingerprint density at radius 2 is 1.76 bits per heavy atom. The summed E-state index contributed by atoms with van der Waals surface area (Å²) in [5.41, 5.74) is 2.06. The van der Waals surface area contributed by atoms with Crippen LogP contribution in [0.4, 0.5) is 17.1 Å². The van der Waals surface area contributed by atoms with Crippen molar-refractivity contribution in [2.45, 2.75) is 25.4 Å². The number of nitro benzene ring substituents is 1. The molecule has 1 saturated heterocycles. The molecule has 1 aliphatic rings. The highest BCUT2D eigenvalue weighted by Gasteiger charge is 2.24. The van der Waals surface area contributed by atoms with Crippen LogP contribution in [-0.4, -0.2) is 29.0 Å². The number of hydrogen-bond donors (Lipinski definition) is 2. The monoisotopic (exact) mass is 465 g/mol. The van der Waals surface area contributed by atoms with Gasteiger partial charge in [0.25, 0.3) is 11.6 Å². The molecule has 3 aromatic carbocycles. The summed E-state index contributed by atoms with van der Waals surface area (Å²) >= 11 is 6.15. The molecule has 8 heteroatoms. The fraction of sp³-hybridized carbons (Fsp3) is 0.240. The highest BCUT2D eigenvalue weighted by molar-refractivity contribution is 6.30. The Bertz CT molecular complexity index is 1160. The van der Waals surface area contributed by atoms with E-state index in [1.165, 1.54) is 6.07 Å². The number of rotatable bonds is 6. The van der Waals surface area contributed by atoms with Gasteiger partial charge in [-0.2, -0.15) is 0 Å². The lowest BCUT2D eigenvalue weighted by Crippen LogP contribution is -2.30. The Hall–Kier alpha value is -3.42. The van der Waals surface area contributed by atoms with Gasteiger partial charge in [-0.3, -0.25) is 14.9 Å². The second-order valence-electron chi connectivity index (χ2n) is 8.01. The third kappa shape index (κ3) is 5.16. The average Bonchev–Trinajstić information content (AvgIpc) is 2.85. The Morgan fingerprint density at radius 1 is 1.03 bits per heavy atom. The van der Waals surface area contributed by atoms with Crippen molar-refractivity contribution in [2.24, 2.45) is 0 Å². The van der Waals surface area contributed by atoms with Gasteiger partial charge in [0, 0.05) is 41.0 Å². The van der Waals surface area contributed by atoms with Crippen molar-refractivity contribution in [1.82, 2.24) is 0 Å². The first-order valence-corrected chi connectivity index (χ1v) is 11.2. The summed E-state index contributed by atoms with van der Waals surface area (Å²) in [5.74, 6) is -0.507. The molecule has 1 amide bonds. The van der Waals surface area contributed by atoms with Crippen molar-refractivity contribution in [3.63, 3.8) is 0 Å². The molecule has 0 aromatic heterocycles. The van der Waals surface area contributed by atoms with E-state index in [0.717, 1.165) is 32.4 Å². The fourth-order valence-corrected chi connectivity index (χ4v) is 4.28. The van der Waals surface area contributed by atoms with Crippen LogP contribution in [0.2, 0.25) is 5.02 Å². The minimum Gasteiger partial charge on any atom is -0.384 e. The summed E-state index contributed by atoms with van der Waals surface area (Å²) < 4.78 is 0. The number of nitrogens with zero attached hydrogens (tertiary/aromatic N) is 2. The topological polar surface area (TPSA) is 95.7 Å². The molecule has 0 unspecified atom stereocenters. The number of benzene rings is 3. The van der Waals surface area contributed by atoms with Gasteiger partial charge in [-0.1, -0.05) is 41.9 Å². The minimum absolute atomic E-state index is 0.0924. The normalized spacial score (nSPS) is 14.5. The fourth-order valence-electron chi connectivity index (χ4n) is 4.10. The molecule has 0 saturated carbocycles. The Balaban J connectivity index is 1.62. The van der Waals surface area contributed by atoms with Gasteiger partial charge in [-0.05, 0) is 55.2 Å². The second-order valence-corrected chi connectivity index (χ2v) is 8.44. The van der Waals surface area contributed by atoms with Gasteiger partial charge in [-0.15, -0.1) is 0 Å². The number of nitrogens with one attached hydrogen (secondary N) is 1. The predicted molar refractivity (Wildman–Crippen MR) is 129 cm³/mol. The van der Waals surface area contributed by atoms with Crippen molar-refractivity contribution < 1.29 is 14.8 Å². The van der Waals surface area contributed by atoms with Crippen molar-refractivity contribution in [1.29, 1.82) is 0 Å². The molecule has 0 spiro atoms. The van der Waals surface area contributed by atoms with E-state index in [1.54, 1.807) is 42.5 Å². The average molecular weight is 466 g/mol. The molecule has 4 rings (SSSR count). The molecule has 0 aliphatic carbocycles. The maximum Gasteiger partial charge on any atom is 0.293 e. The van der Waals surface area contributed by atoms with Crippen LogP contribution < -0.4 is 10.2 Å². The summed E-state index contributed by atoms with van der Waals surface area (Å²) in [6.45, 7) is 1.52. The number of carbonyl (C=O) groups is 1. The predicted octanol–water partition coefficient (Wildman–Crippen LogP) is 5.57. The summed E-state index contributed by atoms with van der Waals surface area (Å²) in [5, 5.41) is 25.8. The van der Waals surface area contributed by atoms with E-state index in [2.05, 4.69) is 5.32 Å². The smallest absolute Gasteiger partial charge is 0.293 e.